The molecule has 2 rings (SSSR count). The predicted molar refractivity (Wildman–Crippen MR) is 59.8 cm³/mol. The lowest BCUT2D eigenvalue weighted by Gasteiger charge is -2.09. The van der Waals surface area contributed by atoms with E-state index in [4.69, 9.17) is 9.47 Å². The van der Waals surface area contributed by atoms with Crippen LogP contribution in [0.15, 0.2) is 23.1 Å². The van der Waals surface area contributed by atoms with Crippen molar-refractivity contribution in [3.63, 3.8) is 0 Å². The maximum Gasteiger partial charge on any atom is 0.181 e. The minimum absolute atomic E-state index is 0.203. The highest BCUT2D eigenvalue weighted by Gasteiger charge is 2.37. The Kier molecular flexibility index (Phi) is 2.80. The van der Waals surface area contributed by atoms with Crippen molar-refractivity contribution in [1.82, 2.24) is 0 Å². The van der Waals surface area contributed by atoms with Gasteiger partial charge in [0.05, 0.1) is 24.4 Å². The zero-order chi connectivity index (χ0) is 11.8. The average Bonchev–Trinajstić information content (AvgIpc) is 3.12. The van der Waals surface area contributed by atoms with Gasteiger partial charge in [-0.05, 0) is 25.0 Å². The molecule has 1 aromatic rings. The standard InChI is InChI=1S/C11H14O4S/c1-14-10-6-5-9(7-11(10)15-2)16(12,13)8-3-4-8/h5-8H,3-4H2,1-2H3. The van der Waals surface area contributed by atoms with E-state index in [-0.39, 0.29) is 5.25 Å². The number of sulfone groups is 1. The maximum absolute atomic E-state index is 12.0. The molecule has 0 aromatic heterocycles. The Bertz CT molecular complexity index is 489. The van der Waals surface area contributed by atoms with Gasteiger partial charge in [-0.2, -0.15) is 0 Å². The van der Waals surface area contributed by atoms with Crippen LogP contribution in [0.4, 0.5) is 0 Å². The number of ether oxygens (including phenoxy) is 2. The van der Waals surface area contributed by atoms with Crippen LogP contribution in [0, 0.1) is 0 Å². The lowest BCUT2D eigenvalue weighted by molar-refractivity contribution is 0.354. The smallest absolute Gasteiger partial charge is 0.181 e. The van der Waals surface area contributed by atoms with Crippen molar-refractivity contribution in [3.05, 3.63) is 18.2 Å². The topological polar surface area (TPSA) is 52.6 Å². The molecule has 4 nitrogen and oxygen atoms in total. The molecule has 0 heterocycles. The Hall–Kier alpha value is -1.23. The summed E-state index contributed by atoms with van der Waals surface area (Å²) in [5.74, 6) is 0.987. The first kappa shape index (κ1) is 11.3. The number of methoxy groups -OCH3 is 2. The van der Waals surface area contributed by atoms with Crippen molar-refractivity contribution in [2.24, 2.45) is 0 Å². The molecule has 0 unspecified atom stereocenters. The van der Waals surface area contributed by atoms with E-state index >= 15 is 0 Å². The summed E-state index contributed by atoms with van der Waals surface area (Å²) in [4.78, 5) is 0.313. The van der Waals surface area contributed by atoms with E-state index in [0.717, 1.165) is 12.8 Å². The molecule has 0 N–H and O–H groups in total. The molecule has 1 aromatic carbocycles. The van der Waals surface area contributed by atoms with E-state index in [2.05, 4.69) is 0 Å². The molecule has 0 amide bonds. The lowest BCUT2D eigenvalue weighted by atomic mass is 10.3. The average molecular weight is 242 g/mol. The minimum atomic E-state index is -3.16. The van der Waals surface area contributed by atoms with Crippen LogP contribution >= 0.6 is 0 Å². The van der Waals surface area contributed by atoms with Gasteiger partial charge in [0.2, 0.25) is 0 Å². The molecule has 0 saturated heterocycles. The van der Waals surface area contributed by atoms with E-state index < -0.39 is 9.84 Å². The first-order valence-electron chi connectivity index (χ1n) is 5.05. The van der Waals surface area contributed by atoms with E-state index in [9.17, 15) is 8.42 Å². The van der Waals surface area contributed by atoms with Gasteiger partial charge in [0.1, 0.15) is 0 Å². The monoisotopic (exact) mass is 242 g/mol. The van der Waals surface area contributed by atoms with Gasteiger partial charge in [-0.3, -0.25) is 0 Å². The summed E-state index contributed by atoms with van der Waals surface area (Å²) in [6.07, 6.45) is 1.52. The highest BCUT2D eigenvalue weighted by atomic mass is 32.2. The van der Waals surface area contributed by atoms with E-state index in [1.165, 1.54) is 20.3 Å². The molecule has 1 aliphatic carbocycles. The lowest BCUT2D eigenvalue weighted by Crippen LogP contribution is -2.07. The molecule has 0 bridgehead atoms. The summed E-state index contributed by atoms with van der Waals surface area (Å²) in [7, 11) is -0.147. The molecule has 0 aliphatic heterocycles. The van der Waals surface area contributed by atoms with Crippen molar-refractivity contribution < 1.29 is 17.9 Å². The van der Waals surface area contributed by atoms with Crippen LogP contribution in [-0.4, -0.2) is 27.9 Å². The largest absolute Gasteiger partial charge is 0.493 e. The zero-order valence-electron chi connectivity index (χ0n) is 9.26. The van der Waals surface area contributed by atoms with Crippen LogP contribution < -0.4 is 9.47 Å². The summed E-state index contributed by atoms with van der Waals surface area (Å²) in [5.41, 5.74) is 0. The quantitative estimate of drug-likeness (QED) is 0.805. The van der Waals surface area contributed by atoms with E-state index in [1.807, 2.05) is 0 Å². The van der Waals surface area contributed by atoms with E-state index in [0.29, 0.717) is 16.4 Å². The number of hydrogen-bond donors (Lipinski definition) is 0. The van der Waals surface area contributed by atoms with Crippen LogP contribution in [0.1, 0.15) is 12.8 Å². The predicted octanol–water partition coefficient (Wildman–Crippen LogP) is 1.64. The fourth-order valence-electron chi connectivity index (χ4n) is 1.56. The van der Waals surface area contributed by atoms with Gasteiger partial charge in [0, 0.05) is 6.07 Å². The third-order valence-electron chi connectivity index (χ3n) is 2.65. The second kappa shape index (κ2) is 3.97. The van der Waals surface area contributed by atoms with Crippen molar-refractivity contribution >= 4 is 9.84 Å². The van der Waals surface area contributed by atoms with Crippen LogP contribution in [0.3, 0.4) is 0 Å². The summed E-state index contributed by atoms with van der Waals surface area (Å²) in [6, 6.07) is 4.70. The molecule has 1 saturated carbocycles. The third kappa shape index (κ3) is 1.87. The van der Waals surface area contributed by atoms with Gasteiger partial charge in [-0.25, -0.2) is 8.42 Å². The van der Waals surface area contributed by atoms with Crippen LogP contribution in [0.2, 0.25) is 0 Å². The second-order valence-electron chi connectivity index (χ2n) is 3.76. The molecule has 5 heteroatoms. The van der Waals surface area contributed by atoms with Crippen LogP contribution in [0.25, 0.3) is 0 Å². The summed E-state index contributed by atoms with van der Waals surface area (Å²) in [5, 5.41) is -0.203. The molecule has 1 aliphatic rings. The summed E-state index contributed by atoms with van der Waals surface area (Å²) < 4.78 is 34.1. The molecule has 0 spiro atoms. The van der Waals surface area contributed by atoms with E-state index in [1.54, 1.807) is 12.1 Å². The van der Waals surface area contributed by atoms with Crippen LogP contribution in [0.5, 0.6) is 11.5 Å². The molecule has 0 atom stereocenters. The van der Waals surface area contributed by atoms with Gasteiger partial charge in [0.15, 0.2) is 21.3 Å². The highest BCUT2D eigenvalue weighted by Crippen LogP contribution is 2.36. The van der Waals surface area contributed by atoms with Crippen molar-refractivity contribution in [2.45, 2.75) is 23.0 Å². The Morgan fingerprint density at radius 2 is 1.75 bits per heavy atom. The van der Waals surface area contributed by atoms with Gasteiger partial charge >= 0.3 is 0 Å². The fraction of sp³-hybridized carbons (Fsp3) is 0.455. The Morgan fingerprint density at radius 1 is 1.12 bits per heavy atom. The first-order chi connectivity index (χ1) is 7.59. The first-order valence-corrected chi connectivity index (χ1v) is 6.60. The molecular formula is C11H14O4S. The van der Waals surface area contributed by atoms with Crippen LogP contribution in [-0.2, 0) is 9.84 Å². The second-order valence-corrected chi connectivity index (χ2v) is 5.99. The van der Waals surface area contributed by atoms with Crippen molar-refractivity contribution in [2.75, 3.05) is 14.2 Å². The Labute approximate surface area is 95.1 Å². The zero-order valence-corrected chi connectivity index (χ0v) is 10.1. The molecular weight excluding hydrogens is 228 g/mol. The molecule has 1 fully saturated rings. The van der Waals surface area contributed by atoms with Crippen molar-refractivity contribution in [1.29, 1.82) is 0 Å². The summed E-state index contributed by atoms with van der Waals surface area (Å²) >= 11 is 0. The SMILES string of the molecule is COc1ccc(S(=O)(=O)C2CC2)cc1OC. The Balaban J connectivity index is 2.43. The molecule has 0 radical (unpaired) electrons. The third-order valence-corrected chi connectivity index (χ3v) is 4.91. The Morgan fingerprint density at radius 3 is 2.25 bits per heavy atom. The normalized spacial score (nSPS) is 15.9. The summed E-state index contributed by atoms with van der Waals surface area (Å²) in [6.45, 7) is 0. The van der Waals surface area contributed by atoms with Gasteiger partial charge in [-0.1, -0.05) is 0 Å². The van der Waals surface area contributed by atoms with Gasteiger partial charge in [0.25, 0.3) is 0 Å². The van der Waals surface area contributed by atoms with Crippen molar-refractivity contribution in [3.8, 4) is 11.5 Å². The maximum atomic E-state index is 12.0. The van der Waals surface area contributed by atoms with Gasteiger partial charge in [-0.15, -0.1) is 0 Å². The molecule has 16 heavy (non-hydrogen) atoms. The number of benzene rings is 1. The minimum Gasteiger partial charge on any atom is -0.493 e. The number of rotatable bonds is 4. The fourth-order valence-corrected chi connectivity index (χ4v) is 3.23. The van der Waals surface area contributed by atoms with Gasteiger partial charge < -0.3 is 9.47 Å². The highest BCUT2D eigenvalue weighted by molar-refractivity contribution is 7.92. The molecule has 88 valence electrons. The number of hydrogen-bond acceptors (Lipinski definition) is 4.